The van der Waals surface area contributed by atoms with Crippen LogP contribution < -0.4 is 16.4 Å². The van der Waals surface area contributed by atoms with E-state index in [1.165, 1.54) is 0 Å². The molecule has 4 aliphatic rings. The number of hydrogen-bond donors (Lipinski definition) is 3. The monoisotopic (exact) mass is 513 g/mol. The number of ether oxygens (including phenoxy) is 1. The highest BCUT2D eigenvalue weighted by Gasteiger charge is 2.68. The zero-order chi connectivity index (χ0) is 27.0. The highest BCUT2D eigenvalue weighted by molar-refractivity contribution is 6.48. The summed E-state index contributed by atoms with van der Waals surface area (Å²) in [7, 11) is -0.615. The quantitative estimate of drug-likeness (QED) is 0.413. The number of primary amides is 1. The van der Waals surface area contributed by atoms with E-state index in [0.29, 0.717) is 18.3 Å². The van der Waals surface area contributed by atoms with Gasteiger partial charge in [0.05, 0.1) is 24.1 Å². The van der Waals surface area contributed by atoms with Crippen molar-refractivity contribution in [1.82, 2.24) is 10.6 Å². The molecular formula is C27H40BN3O6. The number of carbonyl (C=O) groups excluding carboxylic acids is 3. The summed E-state index contributed by atoms with van der Waals surface area (Å²) in [5.74, 6) is -0.435. The first-order valence-corrected chi connectivity index (χ1v) is 13.3. The van der Waals surface area contributed by atoms with Crippen LogP contribution in [0, 0.1) is 23.2 Å². The second kappa shape index (κ2) is 10.7. The highest BCUT2D eigenvalue weighted by Crippen LogP contribution is 2.65. The summed E-state index contributed by atoms with van der Waals surface area (Å²) >= 11 is 0. The van der Waals surface area contributed by atoms with Gasteiger partial charge in [0.25, 0.3) is 0 Å². The molecule has 10 heteroatoms. The third kappa shape index (κ3) is 5.80. The number of alkyl carbamates (subject to hydrolysis) is 1. The van der Waals surface area contributed by atoms with Crippen LogP contribution in [-0.4, -0.2) is 48.7 Å². The number of nitrogens with one attached hydrogen (secondary N) is 2. The van der Waals surface area contributed by atoms with Gasteiger partial charge in [-0.2, -0.15) is 0 Å². The van der Waals surface area contributed by atoms with Crippen LogP contribution in [0.1, 0.15) is 65.9 Å². The van der Waals surface area contributed by atoms with Crippen molar-refractivity contribution in [2.75, 3.05) is 0 Å². The molecular weight excluding hydrogens is 473 g/mol. The van der Waals surface area contributed by atoms with E-state index >= 15 is 0 Å². The fourth-order valence-electron chi connectivity index (χ4n) is 6.42. The van der Waals surface area contributed by atoms with E-state index in [2.05, 4.69) is 45.3 Å². The maximum atomic E-state index is 13.3. The smallest absolute Gasteiger partial charge is 0.445 e. The largest absolute Gasteiger partial charge is 0.481 e. The zero-order valence-corrected chi connectivity index (χ0v) is 22.5. The van der Waals surface area contributed by atoms with Crippen molar-refractivity contribution in [2.45, 2.75) is 90.6 Å². The van der Waals surface area contributed by atoms with Crippen molar-refractivity contribution >= 4 is 25.0 Å². The standard InChI is InChI=1S/C27H40BN3O6/c1-16(2)11-22(28-36-21-13-18-12-20(26(18,3)4)27(21,5)37-28)31-24(33)19(14-23(29)32)30-25(34)35-15-17-9-7-6-8-10-17/h6-10,16,18-22H,11-15H2,1-5H3,(H2,29,32)(H,30,34)(H,31,33)/t18-,19-,20-,21+,22-,27-/m0/s1. The van der Waals surface area contributed by atoms with Gasteiger partial charge in [0.2, 0.25) is 11.8 Å². The normalized spacial score (nSPS) is 29.0. The molecule has 4 N–H and O–H groups in total. The van der Waals surface area contributed by atoms with Crippen LogP contribution in [0.15, 0.2) is 30.3 Å². The third-order valence-corrected chi connectivity index (χ3v) is 8.58. The molecule has 9 nitrogen and oxygen atoms in total. The summed E-state index contributed by atoms with van der Waals surface area (Å²) < 4.78 is 18.2. The molecule has 0 spiro atoms. The summed E-state index contributed by atoms with van der Waals surface area (Å²) in [6.45, 7) is 10.9. The van der Waals surface area contributed by atoms with E-state index in [-0.39, 0.29) is 30.5 Å². The minimum atomic E-state index is -1.18. The molecule has 0 unspecified atom stereocenters. The average molecular weight is 513 g/mol. The van der Waals surface area contributed by atoms with Crippen molar-refractivity contribution in [3.05, 3.63) is 35.9 Å². The van der Waals surface area contributed by atoms with Gasteiger partial charge in [0.1, 0.15) is 12.6 Å². The molecule has 1 heterocycles. The number of carbonyl (C=O) groups is 3. The second-order valence-electron chi connectivity index (χ2n) is 12.0. The van der Waals surface area contributed by atoms with E-state index in [9.17, 15) is 14.4 Å². The van der Waals surface area contributed by atoms with Gasteiger partial charge in [-0.15, -0.1) is 0 Å². The molecule has 2 bridgehead atoms. The van der Waals surface area contributed by atoms with Crippen LogP contribution in [0.5, 0.6) is 0 Å². The molecule has 202 valence electrons. The Bertz CT molecular complexity index is 1010. The first-order valence-electron chi connectivity index (χ1n) is 13.3. The Hall–Kier alpha value is -2.59. The molecule has 3 saturated carbocycles. The van der Waals surface area contributed by atoms with Crippen molar-refractivity contribution in [3.63, 3.8) is 0 Å². The van der Waals surface area contributed by atoms with Gasteiger partial charge < -0.3 is 30.4 Å². The van der Waals surface area contributed by atoms with Gasteiger partial charge >= 0.3 is 13.2 Å². The van der Waals surface area contributed by atoms with Gasteiger partial charge in [-0.25, -0.2) is 4.79 Å². The number of amides is 3. The van der Waals surface area contributed by atoms with E-state index < -0.39 is 42.6 Å². The Morgan fingerprint density at radius 2 is 1.84 bits per heavy atom. The molecule has 4 fully saturated rings. The van der Waals surface area contributed by atoms with Crippen molar-refractivity contribution in [3.8, 4) is 0 Å². The Labute approximate surface area is 219 Å². The van der Waals surface area contributed by atoms with Gasteiger partial charge in [-0.1, -0.05) is 58.0 Å². The van der Waals surface area contributed by atoms with Crippen LogP contribution in [-0.2, 0) is 30.2 Å². The topological polar surface area (TPSA) is 129 Å². The Kier molecular flexibility index (Phi) is 7.90. The van der Waals surface area contributed by atoms with E-state index in [4.69, 9.17) is 19.8 Å². The van der Waals surface area contributed by atoms with Crippen LogP contribution >= 0.6 is 0 Å². The molecule has 0 aromatic heterocycles. The van der Waals surface area contributed by atoms with Gasteiger partial charge in [0.15, 0.2) is 0 Å². The predicted molar refractivity (Wildman–Crippen MR) is 139 cm³/mol. The molecule has 1 aliphatic heterocycles. The lowest BCUT2D eigenvalue weighted by Crippen LogP contribution is -2.65. The molecule has 3 aliphatic carbocycles. The van der Waals surface area contributed by atoms with Gasteiger partial charge in [-0.05, 0) is 54.9 Å². The molecule has 1 aromatic rings. The number of hydrogen-bond acceptors (Lipinski definition) is 6. The van der Waals surface area contributed by atoms with Crippen molar-refractivity contribution in [1.29, 1.82) is 0 Å². The van der Waals surface area contributed by atoms with E-state index in [1.807, 2.05) is 30.3 Å². The second-order valence-corrected chi connectivity index (χ2v) is 12.0. The lowest BCUT2D eigenvalue weighted by Gasteiger charge is -2.64. The first kappa shape index (κ1) is 27.4. The molecule has 37 heavy (non-hydrogen) atoms. The summed E-state index contributed by atoms with van der Waals surface area (Å²) in [5, 5.41) is 5.48. The molecule has 0 radical (unpaired) electrons. The van der Waals surface area contributed by atoms with E-state index in [1.54, 1.807) is 0 Å². The summed E-state index contributed by atoms with van der Waals surface area (Å²) in [4.78, 5) is 37.4. The van der Waals surface area contributed by atoms with Gasteiger partial charge in [0, 0.05) is 0 Å². The lowest BCUT2D eigenvalue weighted by atomic mass is 9.43. The van der Waals surface area contributed by atoms with Crippen molar-refractivity contribution < 1.29 is 28.4 Å². The summed E-state index contributed by atoms with van der Waals surface area (Å²) in [6.07, 6.45) is 1.50. The summed E-state index contributed by atoms with van der Waals surface area (Å²) in [6, 6.07) is 8.00. The fourth-order valence-corrected chi connectivity index (χ4v) is 6.42. The molecule has 3 amide bonds. The highest BCUT2D eigenvalue weighted by atomic mass is 16.7. The SMILES string of the molecule is CC(C)C[C@H](NC(=O)[C@H](CC(N)=O)NC(=O)OCc1ccccc1)B1O[C@@H]2C[C@@H]3C[C@@H](C3(C)C)[C@]2(C)O1. The van der Waals surface area contributed by atoms with E-state index in [0.717, 1.165) is 18.4 Å². The maximum absolute atomic E-state index is 13.3. The van der Waals surface area contributed by atoms with Crippen LogP contribution in [0.25, 0.3) is 0 Å². The molecule has 6 atom stereocenters. The minimum Gasteiger partial charge on any atom is -0.445 e. The first-order chi connectivity index (χ1) is 17.4. The van der Waals surface area contributed by atoms with Crippen LogP contribution in [0.2, 0.25) is 0 Å². The van der Waals surface area contributed by atoms with Crippen LogP contribution in [0.3, 0.4) is 0 Å². The summed E-state index contributed by atoms with van der Waals surface area (Å²) in [5.41, 5.74) is 5.99. The molecule has 5 rings (SSSR count). The minimum absolute atomic E-state index is 0.0201. The Morgan fingerprint density at radius 3 is 2.46 bits per heavy atom. The Morgan fingerprint density at radius 1 is 1.14 bits per heavy atom. The molecule has 1 saturated heterocycles. The third-order valence-electron chi connectivity index (χ3n) is 8.58. The zero-order valence-electron chi connectivity index (χ0n) is 22.5. The number of rotatable bonds is 10. The number of nitrogens with two attached hydrogens (primary N) is 1. The Balaban J connectivity index is 1.41. The van der Waals surface area contributed by atoms with Crippen molar-refractivity contribution in [2.24, 2.45) is 28.9 Å². The van der Waals surface area contributed by atoms with Gasteiger partial charge in [-0.3, -0.25) is 9.59 Å². The fraction of sp³-hybridized carbons (Fsp3) is 0.667. The maximum Gasteiger partial charge on any atom is 0.481 e. The number of benzene rings is 1. The van der Waals surface area contributed by atoms with Crippen LogP contribution in [0.4, 0.5) is 4.79 Å². The molecule has 1 aromatic carbocycles. The predicted octanol–water partition coefficient (Wildman–Crippen LogP) is 2.96. The lowest BCUT2D eigenvalue weighted by molar-refractivity contribution is -0.199. The average Bonchev–Trinajstić information content (AvgIpc) is 3.19.